The molecule has 1 aromatic heterocycles. The predicted octanol–water partition coefficient (Wildman–Crippen LogP) is 4.15. The highest BCUT2D eigenvalue weighted by Crippen LogP contribution is 2.34. The molecule has 138 valence electrons. The zero-order valence-electron chi connectivity index (χ0n) is 14.2. The van der Waals surface area contributed by atoms with Gasteiger partial charge in [-0.3, -0.25) is 9.59 Å². The maximum atomic E-state index is 12.6. The number of esters is 1. The Hall–Kier alpha value is -2.09. The summed E-state index contributed by atoms with van der Waals surface area (Å²) in [5.74, 6) is -1.53. The van der Waals surface area contributed by atoms with Crippen LogP contribution in [0.4, 0.5) is 5.00 Å². The van der Waals surface area contributed by atoms with Crippen LogP contribution >= 0.6 is 34.5 Å². The van der Waals surface area contributed by atoms with Crippen molar-refractivity contribution in [2.75, 3.05) is 19.0 Å². The van der Waals surface area contributed by atoms with Crippen molar-refractivity contribution in [3.05, 3.63) is 49.8 Å². The van der Waals surface area contributed by atoms with Gasteiger partial charge in [0.15, 0.2) is 0 Å². The molecule has 0 aliphatic heterocycles. The van der Waals surface area contributed by atoms with Gasteiger partial charge in [-0.05, 0) is 37.6 Å². The molecule has 1 heterocycles. The summed E-state index contributed by atoms with van der Waals surface area (Å²) in [4.78, 5) is 37.2. The number of amides is 2. The largest absolute Gasteiger partial charge is 0.462 e. The number of rotatable bonds is 5. The van der Waals surface area contributed by atoms with Crippen LogP contribution in [-0.4, -0.2) is 31.4 Å². The van der Waals surface area contributed by atoms with Gasteiger partial charge in [0.1, 0.15) is 9.88 Å². The fraction of sp³-hybridized carbons (Fsp3) is 0.235. The number of carbonyl (C=O) groups is 3. The fourth-order valence-electron chi connectivity index (χ4n) is 2.23. The van der Waals surface area contributed by atoms with Crippen LogP contribution in [0.15, 0.2) is 18.2 Å². The van der Waals surface area contributed by atoms with Crippen LogP contribution in [0.2, 0.25) is 10.0 Å². The molecule has 1 aromatic carbocycles. The minimum atomic E-state index is -0.554. The van der Waals surface area contributed by atoms with E-state index in [1.165, 1.54) is 19.2 Å². The molecule has 0 fully saturated rings. The summed E-state index contributed by atoms with van der Waals surface area (Å²) in [6.45, 7) is 3.50. The van der Waals surface area contributed by atoms with E-state index in [4.69, 9.17) is 27.9 Å². The molecule has 0 aliphatic rings. The predicted molar refractivity (Wildman–Crippen MR) is 103 cm³/mol. The lowest BCUT2D eigenvalue weighted by atomic mass is 10.1. The van der Waals surface area contributed by atoms with E-state index in [2.05, 4.69) is 10.6 Å². The molecule has 9 heteroatoms. The molecule has 2 N–H and O–H groups in total. The van der Waals surface area contributed by atoms with E-state index in [-0.39, 0.29) is 32.6 Å². The van der Waals surface area contributed by atoms with Crippen LogP contribution in [0.3, 0.4) is 0 Å². The average molecular weight is 415 g/mol. The molecule has 0 atom stereocenters. The SMILES string of the molecule is CCOC(=O)c1sc(NC(=O)c2cc(Cl)ccc2Cl)c(C(=O)NC)c1C. The van der Waals surface area contributed by atoms with Crippen molar-refractivity contribution in [2.45, 2.75) is 13.8 Å². The first-order valence-corrected chi connectivity index (χ1v) is 9.16. The van der Waals surface area contributed by atoms with Crippen molar-refractivity contribution in [1.82, 2.24) is 5.32 Å². The summed E-state index contributed by atoms with van der Waals surface area (Å²) < 4.78 is 5.00. The smallest absolute Gasteiger partial charge is 0.348 e. The van der Waals surface area contributed by atoms with Gasteiger partial charge in [0.25, 0.3) is 11.8 Å². The number of anilines is 1. The molecule has 0 saturated carbocycles. The summed E-state index contributed by atoms with van der Waals surface area (Å²) in [6.07, 6.45) is 0. The summed E-state index contributed by atoms with van der Waals surface area (Å²) in [5.41, 5.74) is 0.790. The van der Waals surface area contributed by atoms with Gasteiger partial charge in [-0.15, -0.1) is 11.3 Å². The zero-order chi connectivity index (χ0) is 19.4. The van der Waals surface area contributed by atoms with Crippen molar-refractivity contribution in [1.29, 1.82) is 0 Å². The maximum Gasteiger partial charge on any atom is 0.348 e. The second-order valence-corrected chi connectivity index (χ2v) is 7.00. The average Bonchev–Trinajstić information content (AvgIpc) is 2.92. The maximum absolute atomic E-state index is 12.6. The summed E-state index contributed by atoms with van der Waals surface area (Å²) >= 11 is 12.9. The lowest BCUT2D eigenvalue weighted by molar-refractivity contribution is 0.0531. The molecule has 2 amide bonds. The normalized spacial score (nSPS) is 10.3. The fourth-order valence-corrected chi connectivity index (χ4v) is 3.70. The van der Waals surface area contributed by atoms with Gasteiger partial charge in [0.2, 0.25) is 0 Å². The van der Waals surface area contributed by atoms with Gasteiger partial charge in [-0.1, -0.05) is 23.2 Å². The van der Waals surface area contributed by atoms with Gasteiger partial charge in [0, 0.05) is 12.1 Å². The number of hydrogen-bond acceptors (Lipinski definition) is 5. The van der Waals surface area contributed by atoms with Crippen molar-refractivity contribution in [2.24, 2.45) is 0 Å². The van der Waals surface area contributed by atoms with Crippen LogP contribution in [0.5, 0.6) is 0 Å². The quantitative estimate of drug-likeness (QED) is 0.719. The van der Waals surface area contributed by atoms with E-state index in [0.29, 0.717) is 10.6 Å². The Balaban J connectivity index is 2.46. The highest BCUT2D eigenvalue weighted by Gasteiger charge is 2.26. The first-order valence-electron chi connectivity index (χ1n) is 7.59. The first kappa shape index (κ1) is 20.2. The number of thiophene rings is 1. The van der Waals surface area contributed by atoms with Crippen LogP contribution in [-0.2, 0) is 4.74 Å². The summed E-state index contributed by atoms with van der Waals surface area (Å²) in [5, 5.41) is 5.92. The third-order valence-corrected chi connectivity index (χ3v) is 5.21. The molecule has 0 radical (unpaired) electrons. The minimum absolute atomic E-state index is 0.158. The Bertz CT molecular complexity index is 880. The molecule has 2 rings (SSSR count). The number of hydrogen-bond donors (Lipinski definition) is 2. The monoisotopic (exact) mass is 414 g/mol. The zero-order valence-corrected chi connectivity index (χ0v) is 16.6. The van der Waals surface area contributed by atoms with Crippen LogP contribution < -0.4 is 10.6 Å². The number of benzene rings is 1. The molecule has 0 saturated heterocycles. The van der Waals surface area contributed by atoms with Crippen molar-refractivity contribution in [3.63, 3.8) is 0 Å². The highest BCUT2D eigenvalue weighted by molar-refractivity contribution is 7.18. The summed E-state index contributed by atoms with van der Waals surface area (Å²) in [7, 11) is 1.46. The van der Waals surface area contributed by atoms with Crippen molar-refractivity contribution in [3.8, 4) is 0 Å². The molecule has 26 heavy (non-hydrogen) atoms. The van der Waals surface area contributed by atoms with Gasteiger partial charge < -0.3 is 15.4 Å². The Morgan fingerprint density at radius 3 is 2.50 bits per heavy atom. The molecule has 0 aliphatic carbocycles. The Kier molecular flexibility index (Phi) is 6.63. The number of nitrogens with one attached hydrogen (secondary N) is 2. The minimum Gasteiger partial charge on any atom is -0.462 e. The molecular formula is C17H16Cl2N2O4S. The van der Waals surface area contributed by atoms with Crippen LogP contribution in [0.25, 0.3) is 0 Å². The molecule has 6 nitrogen and oxygen atoms in total. The Labute approximate surface area is 164 Å². The first-order chi connectivity index (χ1) is 12.3. The van der Waals surface area contributed by atoms with Gasteiger partial charge in [0.05, 0.1) is 22.8 Å². The van der Waals surface area contributed by atoms with E-state index < -0.39 is 17.8 Å². The topological polar surface area (TPSA) is 84.5 Å². The van der Waals surface area contributed by atoms with Gasteiger partial charge in [-0.25, -0.2) is 4.79 Å². The van der Waals surface area contributed by atoms with E-state index in [0.717, 1.165) is 11.3 Å². The highest BCUT2D eigenvalue weighted by atomic mass is 35.5. The second kappa shape index (κ2) is 8.53. The van der Waals surface area contributed by atoms with Crippen molar-refractivity contribution < 1.29 is 19.1 Å². The van der Waals surface area contributed by atoms with E-state index in [9.17, 15) is 14.4 Å². The number of carbonyl (C=O) groups excluding carboxylic acids is 3. The molecule has 0 spiro atoms. The van der Waals surface area contributed by atoms with Crippen molar-refractivity contribution >= 4 is 57.3 Å². The number of ether oxygens (including phenoxy) is 1. The van der Waals surface area contributed by atoms with Gasteiger partial charge in [-0.2, -0.15) is 0 Å². The Morgan fingerprint density at radius 1 is 1.19 bits per heavy atom. The second-order valence-electron chi connectivity index (χ2n) is 5.14. The van der Waals surface area contributed by atoms with Gasteiger partial charge >= 0.3 is 5.97 Å². The number of halogens is 2. The molecule has 2 aromatic rings. The van der Waals surface area contributed by atoms with E-state index >= 15 is 0 Å². The third kappa shape index (κ3) is 4.17. The van der Waals surface area contributed by atoms with E-state index in [1.54, 1.807) is 19.9 Å². The summed E-state index contributed by atoms with van der Waals surface area (Å²) in [6, 6.07) is 4.48. The van der Waals surface area contributed by atoms with Crippen LogP contribution in [0.1, 0.15) is 42.9 Å². The third-order valence-electron chi connectivity index (χ3n) is 3.46. The van der Waals surface area contributed by atoms with Crippen LogP contribution in [0, 0.1) is 6.92 Å². The lowest BCUT2D eigenvalue weighted by Gasteiger charge is -2.08. The van der Waals surface area contributed by atoms with E-state index in [1.807, 2.05) is 0 Å². The molecule has 0 bridgehead atoms. The molecule has 0 unspecified atom stereocenters. The molecular weight excluding hydrogens is 399 g/mol. The Morgan fingerprint density at radius 2 is 1.88 bits per heavy atom. The lowest BCUT2D eigenvalue weighted by Crippen LogP contribution is -2.21. The standard InChI is InChI=1S/C17H16Cl2N2O4S/c1-4-25-17(24)13-8(2)12(15(23)20-3)16(26-13)21-14(22)10-7-9(18)5-6-11(10)19/h5-7H,4H2,1-3H3,(H,20,23)(H,21,22).